The third kappa shape index (κ3) is 4.58. The average molecular weight is 330 g/mol. The zero-order valence-corrected chi connectivity index (χ0v) is 13.6. The Morgan fingerprint density at radius 1 is 0.800 bits per heavy atom. The van der Waals surface area contributed by atoms with Crippen molar-refractivity contribution < 1.29 is 14.6 Å². The van der Waals surface area contributed by atoms with E-state index in [1.165, 1.54) is 6.08 Å². The molecule has 124 valence electrons. The van der Waals surface area contributed by atoms with Crippen molar-refractivity contribution in [1.29, 1.82) is 0 Å². The van der Waals surface area contributed by atoms with Gasteiger partial charge in [0.15, 0.2) is 6.10 Å². The molecule has 3 heteroatoms. The van der Waals surface area contributed by atoms with E-state index in [0.29, 0.717) is 0 Å². The van der Waals surface area contributed by atoms with E-state index in [1.54, 1.807) is 30.3 Å². The van der Waals surface area contributed by atoms with Crippen molar-refractivity contribution in [2.45, 2.75) is 6.10 Å². The highest BCUT2D eigenvalue weighted by Crippen LogP contribution is 2.26. The van der Waals surface area contributed by atoms with Gasteiger partial charge in [-0.25, -0.2) is 4.79 Å². The summed E-state index contributed by atoms with van der Waals surface area (Å²) in [4.78, 5) is 12.3. The molecule has 0 heterocycles. The number of carbonyl (C=O) groups is 1. The minimum absolute atomic E-state index is 0.188. The van der Waals surface area contributed by atoms with Crippen LogP contribution >= 0.6 is 0 Å². The minimum atomic E-state index is -0.459. The highest BCUT2D eigenvalue weighted by molar-refractivity contribution is 5.87. The van der Waals surface area contributed by atoms with Gasteiger partial charge < -0.3 is 9.84 Å². The van der Waals surface area contributed by atoms with E-state index < -0.39 is 12.1 Å². The lowest BCUT2D eigenvalue weighted by Crippen LogP contribution is -2.10. The van der Waals surface area contributed by atoms with Gasteiger partial charge in [0, 0.05) is 6.08 Å². The quantitative estimate of drug-likeness (QED) is 0.543. The average Bonchev–Trinajstić information content (AvgIpc) is 2.67. The number of rotatable bonds is 5. The van der Waals surface area contributed by atoms with Crippen LogP contribution in [0.4, 0.5) is 0 Å². The van der Waals surface area contributed by atoms with Crippen LogP contribution < -0.4 is 0 Å². The Hall–Kier alpha value is -3.33. The molecule has 0 amide bonds. The van der Waals surface area contributed by atoms with Crippen molar-refractivity contribution in [3.8, 4) is 5.75 Å². The van der Waals surface area contributed by atoms with Gasteiger partial charge in [0.05, 0.1) is 0 Å². The highest BCUT2D eigenvalue weighted by Gasteiger charge is 2.17. The maximum absolute atomic E-state index is 12.3. The molecule has 0 atom stereocenters. The fourth-order valence-corrected chi connectivity index (χ4v) is 2.49. The van der Waals surface area contributed by atoms with Crippen LogP contribution in [0.5, 0.6) is 5.75 Å². The van der Waals surface area contributed by atoms with Gasteiger partial charge in [-0.3, -0.25) is 0 Å². The molecule has 0 aliphatic heterocycles. The van der Waals surface area contributed by atoms with E-state index >= 15 is 0 Å². The smallest absolute Gasteiger partial charge is 0.331 e. The maximum atomic E-state index is 12.3. The molecule has 3 aromatic carbocycles. The Balaban J connectivity index is 1.78. The molecule has 1 N–H and O–H groups in total. The first kappa shape index (κ1) is 16.5. The van der Waals surface area contributed by atoms with E-state index in [1.807, 2.05) is 60.7 Å². The topological polar surface area (TPSA) is 46.5 Å². The van der Waals surface area contributed by atoms with Gasteiger partial charge in [-0.2, -0.15) is 0 Å². The number of ether oxygens (including phenoxy) is 1. The summed E-state index contributed by atoms with van der Waals surface area (Å²) >= 11 is 0. The van der Waals surface area contributed by atoms with Gasteiger partial charge in [-0.1, -0.05) is 72.8 Å². The Morgan fingerprint density at radius 2 is 1.32 bits per heavy atom. The van der Waals surface area contributed by atoms with Crippen molar-refractivity contribution in [2.75, 3.05) is 0 Å². The van der Waals surface area contributed by atoms with Gasteiger partial charge in [-0.05, 0) is 34.9 Å². The van der Waals surface area contributed by atoms with Crippen molar-refractivity contribution in [2.24, 2.45) is 0 Å². The van der Waals surface area contributed by atoms with E-state index in [9.17, 15) is 9.90 Å². The summed E-state index contributed by atoms with van der Waals surface area (Å²) in [6.07, 6.45) is 2.60. The van der Waals surface area contributed by atoms with Crippen molar-refractivity contribution >= 4 is 12.0 Å². The Kier molecular flexibility index (Phi) is 5.27. The molecular weight excluding hydrogens is 312 g/mol. The van der Waals surface area contributed by atoms with Gasteiger partial charge in [0.2, 0.25) is 0 Å². The molecule has 3 aromatic rings. The third-order valence-corrected chi connectivity index (χ3v) is 3.74. The molecule has 25 heavy (non-hydrogen) atoms. The van der Waals surface area contributed by atoms with Gasteiger partial charge in [-0.15, -0.1) is 0 Å². The lowest BCUT2D eigenvalue weighted by Gasteiger charge is -2.18. The Morgan fingerprint density at radius 3 is 1.84 bits per heavy atom. The van der Waals surface area contributed by atoms with Crippen LogP contribution in [0.1, 0.15) is 22.8 Å². The lowest BCUT2D eigenvalue weighted by molar-refractivity contribution is -0.141. The second-order valence-corrected chi connectivity index (χ2v) is 5.56. The predicted octanol–water partition coefficient (Wildman–Crippen LogP) is 4.74. The van der Waals surface area contributed by atoms with Gasteiger partial charge >= 0.3 is 5.97 Å². The molecule has 0 bridgehead atoms. The van der Waals surface area contributed by atoms with Crippen LogP contribution in [-0.2, 0) is 9.53 Å². The normalized spacial score (nSPS) is 10.9. The third-order valence-electron chi connectivity index (χ3n) is 3.74. The number of phenolic OH excluding ortho intramolecular Hbond substituents is 1. The summed E-state index contributed by atoms with van der Waals surface area (Å²) in [7, 11) is 0. The molecule has 3 rings (SSSR count). The number of hydrogen-bond donors (Lipinski definition) is 1. The number of carbonyl (C=O) groups excluding carboxylic acids is 1. The Bertz CT molecular complexity index is 798. The molecule has 3 nitrogen and oxygen atoms in total. The first-order valence-corrected chi connectivity index (χ1v) is 8.00. The summed E-state index contributed by atoms with van der Waals surface area (Å²) < 4.78 is 5.69. The molecule has 0 aromatic heterocycles. The second kappa shape index (κ2) is 7.97. The number of hydrogen-bond acceptors (Lipinski definition) is 3. The number of aromatic hydroxyl groups is 1. The van der Waals surface area contributed by atoms with E-state index in [2.05, 4.69) is 0 Å². The van der Waals surface area contributed by atoms with Crippen molar-refractivity contribution in [3.63, 3.8) is 0 Å². The molecule has 0 fully saturated rings. The second-order valence-electron chi connectivity index (χ2n) is 5.56. The fourth-order valence-electron chi connectivity index (χ4n) is 2.49. The minimum Gasteiger partial charge on any atom is -0.508 e. The van der Waals surface area contributed by atoms with Crippen LogP contribution in [0, 0.1) is 0 Å². The van der Waals surface area contributed by atoms with Crippen molar-refractivity contribution in [3.05, 3.63) is 108 Å². The van der Waals surface area contributed by atoms with Crippen LogP contribution in [0.25, 0.3) is 6.08 Å². The summed E-state index contributed by atoms with van der Waals surface area (Å²) in [6.45, 7) is 0. The van der Waals surface area contributed by atoms with E-state index in [-0.39, 0.29) is 5.75 Å². The predicted molar refractivity (Wildman–Crippen MR) is 98.0 cm³/mol. The largest absolute Gasteiger partial charge is 0.508 e. The van der Waals surface area contributed by atoms with Gasteiger partial charge in [0.25, 0.3) is 0 Å². The molecule has 0 unspecified atom stereocenters. The number of esters is 1. The standard InChI is InChI=1S/C22H18O3/c23-20-14-11-17(12-15-20)13-16-21(24)25-22(18-7-3-1-4-8-18)19-9-5-2-6-10-19/h1-16,22-23H/b16-13+. The van der Waals surface area contributed by atoms with Crippen molar-refractivity contribution in [1.82, 2.24) is 0 Å². The van der Waals surface area contributed by atoms with E-state index in [4.69, 9.17) is 4.74 Å². The maximum Gasteiger partial charge on any atom is 0.331 e. The first-order valence-electron chi connectivity index (χ1n) is 8.00. The van der Waals surface area contributed by atoms with Crippen LogP contribution in [0.2, 0.25) is 0 Å². The molecule has 0 radical (unpaired) electrons. The summed E-state index contributed by atoms with van der Waals surface area (Å²) in [5, 5.41) is 9.29. The molecule has 0 saturated heterocycles. The number of phenols is 1. The highest BCUT2D eigenvalue weighted by atomic mass is 16.5. The zero-order valence-electron chi connectivity index (χ0n) is 13.6. The monoisotopic (exact) mass is 330 g/mol. The van der Waals surface area contributed by atoms with Crippen LogP contribution in [0.3, 0.4) is 0 Å². The molecular formula is C22H18O3. The summed E-state index contributed by atoms with van der Waals surface area (Å²) in [6, 6.07) is 25.9. The number of benzene rings is 3. The molecule has 0 aliphatic rings. The Labute approximate surface area is 146 Å². The summed E-state index contributed by atoms with van der Waals surface area (Å²) in [5.74, 6) is -0.237. The van der Waals surface area contributed by atoms with Crippen LogP contribution in [0.15, 0.2) is 91.0 Å². The molecule has 0 aliphatic carbocycles. The van der Waals surface area contributed by atoms with Crippen LogP contribution in [-0.4, -0.2) is 11.1 Å². The fraction of sp³-hybridized carbons (Fsp3) is 0.0455. The first-order chi connectivity index (χ1) is 12.2. The van der Waals surface area contributed by atoms with E-state index in [0.717, 1.165) is 16.7 Å². The van der Waals surface area contributed by atoms with Gasteiger partial charge in [0.1, 0.15) is 5.75 Å². The SMILES string of the molecule is O=C(/C=C/c1ccc(O)cc1)OC(c1ccccc1)c1ccccc1. The lowest BCUT2D eigenvalue weighted by atomic mass is 10.0. The molecule has 0 saturated carbocycles. The molecule has 0 spiro atoms. The summed E-state index contributed by atoms with van der Waals surface area (Å²) in [5.41, 5.74) is 2.64. The zero-order chi connectivity index (χ0) is 17.5.